The van der Waals surface area contributed by atoms with Gasteiger partial charge in [0.15, 0.2) is 0 Å². The van der Waals surface area contributed by atoms with E-state index in [-0.39, 0.29) is 0 Å². The van der Waals surface area contributed by atoms with Crippen molar-refractivity contribution in [3.05, 3.63) is 51.6 Å². The highest BCUT2D eigenvalue weighted by Gasteiger charge is 2.02. The van der Waals surface area contributed by atoms with E-state index >= 15 is 0 Å². The predicted octanol–water partition coefficient (Wildman–Crippen LogP) is 4.36. The summed E-state index contributed by atoms with van der Waals surface area (Å²) >= 11 is 7.00. The minimum atomic E-state index is 0.700. The number of aromatic amines is 1. The SMILES string of the molecule is Cc1ccc(SCc2nc(=S)c(C)c(C)[nH]2)cc1. The van der Waals surface area contributed by atoms with Gasteiger partial charge in [-0.05, 0) is 32.9 Å². The smallest absolute Gasteiger partial charge is 0.132 e. The van der Waals surface area contributed by atoms with Gasteiger partial charge in [-0.25, -0.2) is 4.98 Å². The highest BCUT2D eigenvalue weighted by molar-refractivity contribution is 7.98. The molecule has 1 aromatic heterocycles. The van der Waals surface area contributed by atoms with Gasteiger partial charge in [0.1, 0.15) is 10.5 Å². The molecule has 0 fully saturated rings. The van der Waals surface area contributed by atoms with E-state index in [4.69, 9.17) is 12.2 Å². The third kappa shape index (κ3) is 3.21. The Labute approximate surface area is 117 Å². The Bertz CT molecular complexity index is 600. The Morgan fingerprint density at radius 2 is 1.83 bits per heavy atom. The van der Waals surface area contributed by atoms with Gasteiger partial charge < -0.3 is 4.98 Å². The number of H-pyrrole nitrogens is 1. The lowest BCUT2D eigenvalue weighted by Crippen LogP contribution is -1.98. The minimum absolute atomic E-state index is 0.700. The molecule has 0 amide bonds. The van der Waals surface area contributed by atoms with Gasteiger partial charge in [-0.2, -0.15) is 0 Å². The summed E-state index contributed by atoms with van der Waals surface area (Å²) in [6, 6.07) is 8.52. The highest BCUT2D eigenvalue weighted by Crippen LogP contribution is 2.21. The number of nitrogens with one attached hydrogen (secondary N) is 1. The summed E-state index contributed by atoms with van der Waals surface area (Å²) < 4.78 is 0.700. The average Bonchev–Trinajstić information content (AvgIpc) is 2.35. The molecule has 0 spiro atoms. The summed E-state index contributed by atoms with van der Waals surface area (Å²) in [7, 11) is 0. The molecule has 0 bridgehead atoms. The van der Waals surface area contributed by atoms with Gasteiger partial charge in [0.2, 0.25) is 0 Å². The normalized spacial score (nSPS) is 10.6. The summed E-state index contributed by atoms with van der Waals surface area (Å²) in [6.45, 7) is 6.13. The summed E-state index contributed by atoms with van der Waals surface area (Å²) in [5.41, 5.74) is 3.45. The van der Waals surface area contributed by atoms with Crippen molar-refractivity contribution in [2.24, 2.45) is 0 Å². The van der Waals surface area contributed by atoms with Crippen LogP contribution in [-0.2, 0) is 5.75 Å². The van der Waals surface area contributed by atoms with E-state index < -0.39 is 0 Å². The zero-order valence-electron chi connectivity index (χ0n) is 10.8. The van der Waals surface area contributed by atoms with Crippen LogP contribution < -0.4 is 0 Å². The lowest BCUT2D eigenvalue weighted by atomic mass is 10.2. The summed E-state index contributed by atoms with van der Waals surface area (Å²) in [4.78, 5) is 8.95. The molecule has 2 nitrogen and oxygen atoms in total. The average molecular weight is 276 g/mol. The van der Waals surface area contributed by atoms with Crippen LogP contribution in [-0.4, -0.2) is 9.97 Å². The molecule has 0 unspecified atom stereocenters. The number of nitrogens with zero attached hydrogens (tertiary/aromatic N) is 1. The molecule has 0 radical (unpaired) electrons. The van der Waals surface area contributed by atoms with Gasteiger partial charge in [-0.1, -0.05) is 29.9 Å². The van der Waals surface area contributed by atoms with Crippen LogP contribution in [0.5, 0.6) is 0 Å². The van der Waals surface area contributed by atoms with Gasteiger partial charge >= 0.3 is 0 Å². The van der Waals surface area contributed by atoms with Crippen LogP contribution in [0.1, 0.15) is 22.6 Å². The van der Waals surface area contributed by atoms with E-state index in [1.165, 1.54) is 10.5 Å². The van der Waals surface area contributed by atoms with Crippen LogP contribution >= 0.6 is 24.0 Å². The third-order valence-electron chi connectivity index (χ3n) is 2.85. The second-order valence-corrected chi connectivity index (χ2v) is 5.78. The Morgan fingerprint density at radius 1 is 1.17 bits per heavy atom. The van der Waals surface area contributed by atoms with E-state index in [0.29, 0.717) is 4.64 Å². The second kappa shape index (κ2) is 5.67. The van der Waals surface area contributed by atoms with Crippen LogP contribution in [0.4, 0.5) is 0 Å². The molecule has 0 saturated heterocycles. The molecule has 1 N–H and O–H groups in total. The van der Waals surface area contributed by atoms with E-state index in [9.17, 15) is 0 Å². The molecule has 0 atom stereocenters. The number of hydrogen-bond donors (Lipinski definition) is 1. The second-order valence-electron chi connectivity index (χ2n) is 4.34. The molecule has 18 heavy (non-hydrogen) atoms. The van der Waals surface area contributed by atoms with Crippen LogP contribution in [0.2, 0.25) is 0 Å². The van der Waals surface area contributed by atoms with Crippen LogP contribution in [0.15, 0.2) is 29.2 Å². The van der Waals surface area contributed by atoms with Crippen molar-refractivity contribution >= 4 is 24.0 Å². The third-order valence-corrected chi connectivity index (χ3v) is 4.27. The predicted molar refractivity (Wildman–Crippen MR) is 79.6 cm³/mol. The summed E-state index contributed by atoms with van der Waals surface area (Å²) in [5.74, 6) is 1.75. The first-order valence-corrected chi connectivity index (χ1v) is 7.21. The van der Waals surface area contributed by atoms with E-state index in [2.05, 4.69) is 41.2 Å². The zero-order valence-corrected chi connectivity index (χ0v) is 12.4. The van der Waals surface area contributed by atoms with Crippen molar-refractivity contribution in [1.82, 2.24) is 9.97 Å². The highest BCUT2D eigenvalue weighted by atomic mass is 32.2. The summed E-state index contributed by atoms with van der Waals surface area (Å²) in [6.07, 6.45) is 0. The van der Waals surface area contributed by atoms with Crippen LogP contribution in [0, 0.1) is 25.4 Å². The molecule has 4 heteroatoms. The molecule has 0 aliphatic heterocycles. The van der Waals surface area contributed by atoms with E-state index in [0.717, 1.165) is 22.8 Å². The van der Waals surface area contributed by atoms with Crippen molar-refractivity contribution in [2.75, 3.05) is 0 Å². The van der Waals surface area contributed by atoms with E-state index in [1.807, 2.05) is 13.8 Å². The van der Waals surface area contributed by atoms with Crippen LogP contribution in [0.25, 0.3) is 0 Å². The van der Waals surface area contributed by atoms with Gasteiger partial charge in [-0.15, -0.1) is 11.8 Å². The van der Waals surface area contributed by atoms with Crippen molar-refractivity contribution in [2.45, 2.75) is 31.4 Å². The number of rotatable bonds is 3. The fourth-order valence-corrected chi connectivity index (χ4v) is 2.59. The molecule has 1 heterocycles. The van der Waals surface area contributed by atoms with Crippen molar-refractivity contribution in [3.8, 4) is 0 Å². The molecular weight excluding hydrogens is 260 g/mol. The fourth-order valence-electron chi connectivity index (χ4n) is 1.56. The first-order valence-electron chi connectivity index (χ1n) is 5.82. The number of aryl methyl sites for hydroxylation is 2. The Kier molecular flexibility index (Phi) is 4.19. The monoisotopic (exact) mass is 276 g/mol. The molecule has 2 rings (SSSR count). The van der Waals surface area contributed by atoms with Crippen molar-refractivity contribution < 1.29 is 0 Å². The first-order chi connectivity index (χ1) is 8.56. The molecule has 0 aliphatic rings. The Hall–Kier alpha value is -1.13. The molecule has 2 aromatic rings. The van der Waals surface area contributed by atoms with E-state index in [1.54, 1.807) is 11.8 Å². The summed E-state index contributed by atoms with van der Waals surface area (Å²) in [5, 5.41) is 0. The number of benzene rings is 1. The quantitative estimate of drug-likeness (QED) is 0.667. The number of aromatic nitrogens is 2. The van der Waals surface area contributed by atoms with Crippen molar-refractivity contribution in [1.29, 1.82) is 0 Å². The lowest BCUT2D eigenvalue weighted by molar-refractivity contribution is 0.962. The maximum atomic E-state index is 5.24. The van der Waals surface area contributed by atoms with Gasteiger partial charge in [-0.3, -0.25) is 0 Å². The Balaban J connectivity index is 2.11. The topological polar surface area (TPSA) is 28.7 Å². The van der Waals surface area contributed by atoms with Gasteiger partial charge in [0.25, 0.3) is 0 Å². The zero-order chi connectivity index (χ0) is 13.1. The fraction of sp³-hybridized carbons (Fsp3) is 0.286. The molecule has 94 valence electrons. The van der Waals surface area contributed by atoms with Gasteiger partial charge in [0, 0.05) is 16.2 Å². The maximum Gasteiger partial charge on any atom is 0.132 e. The standard InChI is InChI=1S/C14H16N2S2/c1-9-4-6-12(7-5-9)18-8-13-15-11(3)10(2)14(17)16-13/h4-7H,8H2,1-3H3,(H,15,16,17). The van der Waals surface area contributed by atoms with Gasteiger partial charge in [0.05, 0.1) is 5.75 Å². The van der Waals surface area contributed by atoms with Crippen LogP contribution in [0.3, 0.4) is 0 Å². The molecular formula is C14H16N2S2. The molecule has 0 saturated carbocycles. The first kappa shape index (κ1) is 13.3. The molecule has 1 aromatic carbocycles. The number of thioether (sulfide) groups is 1. The largest absolute Gasteiger partial charge is 0.346 e. The lowest BCUT2D eigenvalue weighted by Gasteiger charge is -2.06. The minimum Gasteiger partial charge on any atom is -0.346 e. The Morgan fingerprint density at radius 3 is 2.44 bits per heavy atom. The van der Waals surface area contributed by atoms with Crippen molar-refractivity contribution in [3.63, 3.8) is 0 Å². The molecule has 0 aliphatic carbocycles. The maximum absolute atomic E-state index is 5.24. The number of hydrogen-bond acceptors (Lipinski definition) is 3.